The lowest BCUT2D eigenvalue weighted by Gasteiger charge is -2.29. The second-order valence-corrected chi connectivity index (χ2v) is 6.81. The zero-order chi connectivity index (χ0) is 18.0. The Balaban J connectivity index is 2.10. The number of nitrogens with one attached hydrogen (secondary N) is 1. The molecule has 0 spiro atoms. The Kier molecular flexibility index (Phi) is 4.79. The van der Waals surface area contributed by atoms with E-state index in [0.717, 1.165) is 22.3 Å². The van der Waals surface area contributed by atoms with Crippen molar-refractivity contribution in [1.29, 1.82) is 0 Å². The molecule has 1 aliphatic rings. The van der Waals surface area contributed by atoms with Crippen molar-refractivity contribution in [2.24, 2.45) is 11.7 Å². The highest BCUT2D eigenvalue weighted by Crippen LogP contribution is 2.34. The topological polar surface area (TPSA) is 41.3 Å². The van der Waals surface area contributed by atoms with Crippen LogP contribution in [-0.2, 0) is 6.42 Å². The van der Waals surface area contributed by atoms with Crippen LogP contribution in [-0.4, -0.2) is 0 Å². The molecule has 0 aromatic heterocycles. The monoisotopic (exact) mass is 337 g/mol. The second kappa shape index (κ2) is 7.01. The van der Waals surface area contributed by atoms with Crippen LogP contribution in [0.4, 0.5) is 10.1 Å². The van der Waals surface area contributed by atoms with Crippen molar-refractivity contribution in [1.82, 2.24) is 5.43 Å². The van der Waals surface area contributed by atoms with Crippen LogP contribution in [0.15, 0.2) is 66.1 Å². The molecule has 0 aliphatic carbocycles. The number of halogens is 1. The highest BCUT2D eigenvalue weighted by Gasteiger charge is 2.21. The molecule has 3 nitrogen and oxygen atoms in total. The number of allylic oxidation sites excluding steroid dienone is 2. The van der Waals surface area contributed by atoms with Crippen LogP contribution in [0.1, 0.15) is 26.3 Å². The largest absolute Gasteiger partial charge is 0.384 e. The number of nitrogens with zero attached hydrogens (tertiary/aromatic N) is 1. The molecule has 0 saturated heterocycles. The lowest BCUT2D eigenvalue weighted by Crippen LogP contribution is -2.40. The normalized spacial score (nSPS) is 14.2. The van der Waals surface area contributed by atoms with E-state index in [1.54, 1.807) is 11.1 Å². The second-order valence-electron chi connectivity index (χ2n) is 6.81. The van der Waals surface area contributed by atoms with Gasteiger partial charge in [-0.1, -0.05) is 50.2 Å². The molecular formula is C21H24FN3. The summed E-state index contributed by atoms with van der Waals surface area (Å²) in [6.45, 7) is 6.14. The molecule has 2 aromatic carbocycles. The van der Waals surface area contributed by atoms with Crippen molar-refractivity contribution < 1.29 is 4.39 Å². The maximum Gasteiger partial charge on any atom is 0.152 e. The minimum Gasteiger partial charge on any atom is -0.384 e. The van der Waals surface area contributed by atoms with Gasteiger partial charge in [0, 0.05) is 6.20 Å². The van der Waals surface area contributed by atoms with Gasteiger partial charge in [0.05, 0.1) is 0 Å². The number of hydrogen-bond donors (Lipinski definition) is 2. The molecule has 0 radical (unpaired) electrons. The van der Waals surface area contributed by atoms with Crippen LogP contribution in [0.3, 0.4) is 0 Å². The Bertz CT molecular complexity index is 823. The van der Waals surface area contributed by atoms with E-state index >= 15 is 4.39 Å². The zero-order valence-corrected chi connectivity index (χ0v) is 14.9. The minimum atomic E-state index is -0.230. The van der Waals surface area contributed by atoms with Crippen LogP contribution >= 0.6 is 0 Å². The van der Waals surface area contributed by atoms with Crippen LogP contribution in [0.25, 0.3) is 11.1 Å². The average molecular weight is 337 g/mol. The van der Waals surface area contributed by atoms with E-state index in [1.807, 2.05) is 55.6 Å². The van der Waals surface area contributed by atoms with E-state index in [4.69, 9.17) is 5.73 Å². The summed E-state index contributed by atoms with van der Waals surface area (Å²) in [4.78, 5) is 0. The average Bonchev–Trinajstić information content (AvgIpc) is 2.58. The van der Waals surface area contributed by atoms with Gasteiger partial charge in [-0.3, -0.25) is 5.43 Å². The van der Waals surface area contributed by atoms with Gasteiger partial charge in [0.25, 0.3) is 0 Å². The molecule has 0 bridgehead atoms. The van der Waals surface area contributed by atoms with Gasteiger partial charge in [-0.05, 0) is 53.7 Å². The van der Waals surface area contributed by atoms with E-state index in [2.05, 4.69) is 19.3 Å². The van der Waals surface area contributed by atoms with Gasteiger partial charge in [-0.2, -0.15) is 0 Å². The van der Waals surface area contributed by atoms with Crippen LogP contribution in [0, 0.1) is 11.7 Å². The molecule has 0 amide bonds. The SMILES string of the molecule is CC1=CNN(c2ccc(-c3ccccc3)c(CC(C)C)c2F)C(N)=C1. The van der Waals surface area contributed by atoms with Gasteiger partial charge in [-0.25, -0.2) is 9.40 Å². The molecule has 0 saturated carbocycles. The Morgan fingerprint density at radius 2 is 1.84 bits per heavy atom. The summed E-state index contributed by atoms with van der Waals surface area (Å²) >= 11 is 0. The first-order valence-corrected chi connectivity index (χ1v) is 8.54. The van der Waals surface area contributed by atoms with Crippen LogP contribution in [0.5, 0.6) is 0 Å². The third-order valence-electron chi connectivity index (χ3n) is 4.22. The summed E-state index contributed by atoms with van der Waals surface area (Å²) in [6.07, 6.45) is 4.29. The van der Waals surface area contributed by atoms with Gasteiger partial charge in [0.2, 0.25) is 0 Å². The molecule has 1 heterocycles. The lowest BCUT2D eigenvalue weighted by atomic mass is 9.92. The standard InChI is InChI=1S/C21H24FN3/c1-14(2)11-18-17(16-7-5-4-6-8-16)9-10-19(21(18)22)25-20(23)12-15(3)13-24-25/h4-10,12-14,24H,11,23H2,1-3H3. The zero-order valence-electron chi connectivity index (χ0n) is 14.9. The molecule has 3 N–H and O–H groups in total. The molecule has 0 fully saturated rings. The Morgan fingerprint density at radius 1 is 1.12 bits per heavy atom. The maximum absolute atomic E-state index is 15.4. The Hall–Kier alpha value is -2.75. The van der Waals surface area contributed by atoms with Gasteiger partial charge < -0.3 is 5.73 Å². The molecule has 2 aromatic rings. The Labute approximate surface area is 148 Å². The van der Waals surface area contributed by atoms with Crippen molar-refractivity contribution in [3.63, 3.8) is 0 Å². The predicted molar refractivity (Wildman–Crippen MR) is 102 cm³/mol. The molecular weight excluding hydrogens is 313 g/mol. The van der Waals surface area contributed by atoms with Gasteiger partial charge in [0.1, 0.15) is 11.5 Å². The lowest BCUT2D eigenvalue weighted by molar-refractivity contribution is 0.570. The smallest absolute Gasteiger partial charge is 0.152 e. The molecule has 1 aliphatic heterocycles. The van der Waals surface area contributed by atoms with Gasteiger partial charge in [-0.15, -0.1) is 0 Å². The fraction of sp³-hybridized carbons (Fsp3) is 0.238. The van der Waals surface area contributed by atoms with Gasteiger partial charge >= 0.3 is 0 Å². The highest BCUT2D eigenvalue weighted by atomic mass is 19.1. The predicted octanol–water partition coefficient (Wildman–Crippen LogP) is 4.72. The number of anilines is 1. The minimum absolute atomic E-state index is 0.230. The molecule has 0 atom stereocenters. The van der Waals surface area contributed by atoms with Gasteiger partial charge in [0.15, 0.2) is 5.82 Å². The summed E-state index contributed by atoms with van der Waals surface area (Å²) in [5.41, 5.74) is 13.3. The third-order valence-corrected chi connectivity index (χ3v) is 4.22. The van der Waals surface area contributed by atoms with Crippen molar-refractivity contribution >= 4 is 5.69 Å². The fourth-order valence-electron chi connectivity index (χ4n) is 3.07. The number of nitrogens with two attached hydrogens (primary N) is 1. The van der Waals surface area contributed by atoms with Crippen molar-refractivity contribution in [3.05, 3.63) is 77.5 Å². The highest BCUT2D eigenvalue weighted by molar-refractivity contribution is 5.72. The number of hydrazine groups is 1. The van der Waals surface area contributed by atoms with Crippen molar-refractivity contribution in [2.75, 3.05) is 5.01 Å². The van der Waals surface area contributed by atoms with E-state index in [1.165, 1.54) is 0 Å². The number of benzene rings is 2. The first kappa shape index (κ1) is 17.1. The summed E-state index contributed by atoms with van der Waals surface area (Å²) in [5.74, 6) is 0.588. The molecule has 130 valence electrons. The van der Waals surface area contributed by atoms with Crippen LogP contribution in [0.2, 0.25) is 0 Å². The first-order chi connectivity index (χ1) is 12.0. The molecule has 3 rings (SSSR count). The first-order valence-electron chi connectivity index (χ1n) is 8.54. The van der Waals surface area contributed by atoms with E-state index in [9.17, 15) is 0 Å². The van der Waals surface area contributed by atoms with E-state index < -0.39 is 0 Å². The maximum atomic E-state index is 15.4. The number of rotatable bonds is 4. The Morgan fingerprint density at radius 3 is 2.48 bits per heavy atom. The molecule has 0 unspecified atom stereocenters. The summed E-state index contributed by atoms with van der Waals surface area (Å²) < 4.78 is 15.4. The fourth-order valence-corrected chi connectivity index (χ4v) is 3.07. The molecule has 25 heavy (non-hydrogen) atoms. The number of hydrogen-bond acceptors (Lipinski definition) is 3. The summed E-state index contributed by atoms with van der Waals surface area (Å²) in [6, 6.07) is 13.7. The summed E-state index contributed by atoms with van der Waals surface area (Å²) in [7, 11) is 0. The van der Waals surface area contributed by atoms with Crippen LogP contribution < -0.4 is 16.2 Å². The van der Waals surface area contributed by atoms with E-state index in [0.29, 0.717) is 23.8 Å². The quantitative estimate of drug-likeness (QED) is 0.848. The van der Waals surface area contributed by atoms with E-state index in [-0.39, 0.29) is 5.82 Å². The third kappa shape index (κ3) is 3.53. The van der Waals surface area contributed by atoms with Crippen molar-refractivity contribution in [2.45, 2.75) is 27.2 Å². The summed E-state index contributed by atoms with van der Waals surface area (Å²) in [5, 5.41) is 1.58. The van der Waals surface area contributed by atoms with Crippen molar-refractivity contribution in [3.8, 4) is 11.1 Å². The molecule has 4 heteroatoms.